The molecule has 0 bridgehead atoms. The van der Waals surface area contributed by atoms with E-state index in [0.29, 0.717) is 6.54 Å². The number of hydrogen-bond acceptors (Lipinski definition) is 3. The van der Waals surface area contributed by atoms with Crippen LogP contribution in [0.2, 0.25) is 0 Å². The van der Waals surface area contributed by atoms with Gasteiger partial charge in [-0.1, -0.05) is 13.8 Å². The quantitative estimate of drug-likeness (QED) is 0.793. The number of aromatic nitrogens is 1. The van der Waals surface area contributed by atoms with Gasteiger partial charge in [0.25, 0.3) is 0 Å². The van der Waals surface area contributed by atoms with Crippen LogP contribution in [0.1, 0.15) is 19.4 Å². The Hall–Kier alpha value is -1.42. The second-order valence-corrected chi connectivity index (χ2v) is 3.95. The van der Waals surface area contributed by atoms with Crippen LogP contribution in [0, 0.1) is 12.8 Å². The molecule has 2 N–H and O–H groups in total. The zero-order chi connectivity index (χ0) is 12.0. The maximum Gasteiger partial charge on any atom is 0.228 e. The number of rotatable bonds is 5. The molecule has 0 aliphatic carbocycles. The number of nitrogens with one attached hydrogen (secondary N) is 2. The van der Waals surface area contributed by atoms with Crippen molar-refractivity contribution >= 4 is 11.6 Å². The highest BCUT2D eigenvalue weighted by Crippen LogP contribution is 2.08. The minimum atomic E-state index is -0.0412. The Morgan fingerprint density at radius 2 is 2.25 bits per heavy atom. The van der Waals surface area contributed by atoms with E-state index < -0.39 is 0 Å². The summed E-state index contributed by atoms with van der Waals surface area (Å²) < 4.78 is 0. The first-order valence-electron chi connectivity index (χ1n) is 5.56. The van der Waals surface area contributed by atoms with Gasteiger partial charge in [0, 0.05) is 18.7 Å². The summed E-state index contributed by atoms with van der Waals surface area (Å²) in [5.41, 5.74) is 1.80. The van der Waals surface area contributed by atoms with Crippen molar-refractivity contribution in [3.63, 3.8) is 0 Å². The van der Waals surface area contributed by atoms with Crippen molar-refractivity contribution in [1.29, 1.82) is 0 Å². The van der Waals surface area contributed by atoms with E-state index in [9.17, 15) is 4.79 Å². The molecule has 1 unspecified atom stereocenters. The SMILES string of the molecule is CCNCC(C)C(=O)Nc1cncc(C)c1. The summed E-state index contributed by atoms with van der Waals surface area (Å²) in [6.07, 6.45) is 3.42. The van der Waals surface area contributed by atoms with Gasteiger partial charge in [-0.3, -0.25) is 9.78 Å². The largest absolute Gasteiger partial charge is 0.324 e. The summed E-state index contributed by atoms with van der Waals surface area (Å²) in [6.45, 7) is 7.45. The molecule has 0 aliphatic heterocycles. The van der Waals surface area contributed by atoms with E-state index in [4.69, 9.17) is 0 Å². The zero-order valence-corrected chi connectivity index (χ0v) is 10.1. The van der Waals surface area contributed by atoms with Crippen LogP contribution in [0.4, 0.5) is 5.69 Å². The third-order valence-electron chi connectivity index (χ3n) is 2.29. The van der Waals surface area contributed by atoms with E-state index in [0.717, 1.165) is 17.8 Å². The smallest absolute Gasteiger partial charge is 0.228 e. The summed E-state index contributed by atoms with van der Waals surface area (Å²) in [7, 11) is 0. The van der Waals surface area contributed by atoms with E-state index in [1.165, 1.54) is 0 Å². The fraction of sp³-hybridized carbons (Fsp3) is 0.500. The Morgan fingerprint density at radius 1 is 1.50 bits per heavy atom. The number of hydrogen-bond donors (Lipinski definition) is 2. The highest BCUT2D eigenvalue weighted by atomic mass is 16.1. The molecule has 0 radical (unpaired) electrons. The topological polar surface area (TPSA) is 54.0 Å². The molecule has 0 saturated carbocycles. The van der Waals surface area contributed by atoms with Crippen LogP contribution in [0.3, 0.4) is 0 Å². The van der Waals surface area contributed by atoms with Crippen molar-refractivity contribution in [1.82, 2.24) is 10.3 Å². The molecule has 1 amide bonds. The first kappa shape index (κ1) is 12.6. The van der Waals surface area contributed by atoms with Crippen molar-refractivity contribution in [3.8, 4) is 0 Å². The van der Waals surface area contributed by atoms with Gasteiger partial charge in [0.2, 0.25) is 5.91 Å². The second kappa shape index (κ2) is 6.23. The van der Waals surface area contributed by atoms with Gasteiger partial charge in [0.15, 0.2) is 0 Å². The van der Waals surface area contributed by atoms with Crippen LogP contribution in [0.5, 0.6) is 0 Å². The van der Waals surface area contributed by atoms with Crippen LogP contribution in [-0.2, 0) is 4.79 Å². The van der Waals surface area contributed by atoms with Crippen LogP contribution >= 0.6 is 0 Å². The molecular weight excluding hydrogens is 202 g/mol. The molecule has 0 spiro atoms. The van der Waals surface area contributed by atoms with Gasteiger partial charge in [0.1, 0.15) is 0 Å². The molecule has 0 saturated heterocycles. The van der Waals surface area contributed by atoms with Gasteiger partial charge in [-0.05, 0) is 25.1 Å². The van der Waals surface area contributed by atoms with Crippen LogP contribution in [0.15, 0.2) is 18.5 Å². The van der Waals surface area contributed by atoms with E-state index in [-0.39, 0.29) is 11.8 Å². The first-order valence-corrected chi connectivity index (χ1v) is 5.56. The highest BCUT2D eigenvalue weighted by molar-refractivity contribution is 5.92. The van der Waals surface area contributed by atoms with E-state index in [1.54, 1.807) is 12.4 Å². The molecule has 1 rings (SSSR count). The fourth-order valence-corrected chi connectivity index (χ4v) is 1.34. The van der Waals surface area contributed by atoms with Crippen molar-refractivity contribution in [2.45, 2.75) is 20.8 Å². The van der Waals surface area contributed by atoms with Gasteiger partial charge in [-0.15, -0.1) is 0 Å². The van der Waals surface area contributed by atoms with Crippen molar-refractivity contribution in [2.75, 3.05) is 18.4 Å². The monoisotopic (exact) mass is 221 g/mol. The lowest BCUT2D eigenvalue weighted by Crippen LogP contribution is -2.30. The van der Waals surface area contributed by atoms with Gasteiger partial charge in [-0.25, -0.2) is 0 Å². The number of nitrogens with zero attached hydrogens (tertiary/aromatic N) is 1. The second-order valence-electron chi connectivity index (χ2n) is 3.95. The summed E-state index contributed by atoms with van der Waals surface area (Å²) in [5.74, 6) is -0.0196. The van der Waals surface area contributed by atoms with E-state index in [2.05, 4.69) is 15.6 Å². The molecule has 0 aromatic carbocycles. The Bertz CT molecular complexity index is 352. The molecule has 0 aliphatic rings. The van der Waals surface area contributed by atoms with E-state index >= 15 is 0 Å². The summed E-state index contributed by atoms with van der Waals surface area (Å²) >= 11 is 0. The Kier molecular flexibility index (Phi) is 4.92. The van der Waals surface area contributed by atoms with Crippen LogP contribution < -0.4 is 10.6 Å². The van der Waals surface area contributed by atoms with E-state index in [1.807, 2.05) is 26.8 Å². The summed E-state index contributed by atoms with van der Waals surface area (Å²) in [5, 5.41) is 6.00. The third kappa shape index (κ3) is 3.98. The molecule has 1 aromatic rings. The predicted octanol–water partition coefficient (Wildman–Crippen LogP) is 1.57. The Balaban J connectivity index is 2.50. The van der Waals surface area contributed by atoms with Crippen molar-refractivity contribution in [3.05, 3.63) is 24.0 Å². The minimum Gasteiger partial charge on any atom is -0.324 e. The molecule has 1 aromatic heterocycles. The number of carbonyl (C=O) groups is 1. The molecule has 88 valence electrons. The average molecular weight is 221 g/mol. The lowest BCUT2D eigenvalue weighted by molar-refractivity contribution is -0.119. The number of pyridine rings is 1. The molecule has 16 heavy (non-hydrogen) atoms. The normalized spacial score (nSPS) is 12.2. The molecule has 1 atom stereocenters. The number of anilines is 1. The number of carbonyl (C=O) groups excluding carboxylic acids is 1. The highest BCUT2D eigenvalue weighted by Gasteiger charge is 2.12. The molecule has 4 heteroatoms. The zero-order valence-electron chi connectivity index (χ0n) is 10.1. The van der Waals surface area contributed by atoms with Gasteiger partial charge in [-0.2, -0.15) is 0 Å². The van der Waals surface area contributed by atoms with Gasteiger partial charge in [0.05, 0.1) is 11.9 Å². The molecule has 0 fully saturated rings. The number of amides is 1. The fourth-order valence-electron chi connectivity index (χ4n) is 1.34. The maximum absolute atomic E-state index is 11.8. The van der Waals surface area contributed by atoms with Crippen LogP contribution in [0.25, 0.3) is 0 Å². The first-order chi connectivity index (χ1) is 7.63. The molecular formula is C12H19N3O. The lowest BCUT2D eigenvalue weighted by atomic mass is 10.1. The number of aryl methyl sites for hydroxylation is 1. The minimum absolute atomic E-state index is 0.0216. The van der Waals surface area contributed by atoms with Gasteiger partial charge < -0.3 is 10.6 Å². The standard InChI is InChI=1S/C12H19N3O/c1-4-13-7-10(3)12(16)15-11-5-9(2)6-14-8-11/h5-6,8,10,13H,4,7H2,1-3H3,(H,15,16). The lowest BCUT2D eigenvalue weighted by Gasteiger charge is -2.12. The van der Waals surface area contributed by atoms with Crippen LogP contribution in [-0.4, -0.2) is 24.0 Å². The summed E-state index contributed by atoms with van der Waals surface area (Å²) in [4.78, 5) is 15.8. The predicted molar refractivity (Wildman–Crippen MR) is 65.3 cm³/mol. The average Bonchev–Trinajstić information content (AvgIpc) is 2.25. The third-order valence-corrected chi connectivity index (χ3v) is 2.29. The Morgan fingerprint density at radius 3 is 2.88 bits per heavy atom. The molecule has 1 heterocycles. The Labute approximate surface area is 96.5 Å². The molecule has 4 nitrogen and oxygen atoms in total. The maximum atomic E-state index is 11.8. The van der Waals surface area contributed by atoms with Crippen molar-refractivity contribution in [2.24, 2.45) is 5.92 Å². The van der Waals surface area contributed by atoms with Gasteiger partial charge >= 0.3 is 0 Å². The summed E-state index contributed by atoms with van der Waals surface area (Å²) in [6, 6.07) is 1.91. The van der Waals surface area contributed by atoms with Crippen molar-refractivity contribution < 1.29 is 4.79 Å².